The monoisotopic (exact) mass is 592 g/mol. The molecule has 1 aromatic heterocycles. The molecular formula is C33H31F3N2O5. The van der Waals surface area contributed by atoms with Crippen LogP contribution in [0.5, 0.6) is 5.75 Å². The molecule has 5 rings (SSSR count). The molecule has 3 amide bonds. The largest absolute Gasteiger partial charge is 0.493 e. The van der Waals surface area contributed by atoms with Gasteiger partial charge >= 0.3 is 17.8 Å². The maximum Gasteiger partial charge on any atom is 0.417 e. The third kappa shape index (κ3) is 6.00. The van der Waals surface area contributed by atoms with Crippen LogP contribution in [0.3, 0.4) is 0 Å². The van der Waals surface area contributed by atoms with Gasteiger partial charge in [-0.25, -0.2) is 9.59 Å². The average Bonchev–Trinajstić information content (AvgIpc) is 3.21. The molecule has 0 saturated carbocycles. The Bertz CT molecular complexity index is 1700. The first-order valence-electron chi connectivity index (χ1n) is 14.1. The minimum absolute atomic E-state index is 0.130. The Labute approximate surface area is 246 Å². The number of nitrogens with one attached hydrogen (secondary N) is 1. The fraction of sp³-hybridized carbons (Fsp3) is 0.303. The quantitative estimate of drug-likeness (QED) is 0.121. The summed E-state index contributed by atoms with van der Waals surface area (Å²) < 4.78 is 51.7. The van der Waals surface area contributed by atoms with Crippen molar-refractivity contribution in [1.82, 2.24) is 10.2 Å². The van der Waals surface area contributed by atoms with E-state index in [-0.39, 0.29) is 30.0 Å². The lowest BCUT2D eigenvalue weighted by Crippen LogP contribution is -2.41. The van der Waals surface area contributed by atoms with E-state index >= 15 is 0 Å². The highest BCUT2D eigenvalue weighted by Crippen LogP contribution is 2.38. The van der Waals surface area contributed by atoms with Crippen molar-refractivity contribution < 1.29 is 31.9 Å². The van der Waals surface area contributed by atoms with E-state index in [1.165, 1.54) is 17.0 Å². The van der Waals surface area contributed by atoms with Gasteiger partial charge in [0.15, 0.2) is 0 Å². The van der Waals surface area contributed by atoms with Crippen LogP contribution >= 0.6 is 0 Å². The second-order valence-electron chi connectivity index (χ2n) is 10.7. The Morgan fingerprint density at radius 1 is 0.930 bits per heavy atom. The van der Waals surface area contributed by atoms with E-state index in [1.54, 1.807) is 6.92 Å². The van der Waals surface area contributed by atoms with Crippen molar-refractivity contribution in [2.24, 2.45) is 0 Å². The van der Waals surface area contributed by atoms with Crippen LogP contribution in [-0.2, 0) is 22.9 Å². The number of rotatable bonds is 10. The van der Waals surface area contributed by atoms with Gasteiger partial charge in [0.1, 0.15) is 16.9 Å². The van der Waals surface area contributed by atoms with Crippen molar-refractivity contribution in [1.29, 1.82) is 0 Å². The van der Waals surface area contributed by atoms with Crippen molar-refractivity contribution in [2.75, 3.05) is 13.2 Å². The normalized spacial score (nSPS) is 17.0. The predicted molar refractivity (Wildman–Crippen MR) is 156 cm³/mol. The number of hydrogen-bond donors (Lipinski definition) is 1. The Kier molecular flexibility index (Phi) is 8.30. The molecule has 0 radical (unpaired) electrons. The molecule has 1 unspecified atom stereocenters. The average molecular weight is 593 g/mol. The van der Waals surface area contributed by atoms with E-state index in [4.69, 9.17) is 9.15 Å². The molecule has 0 aliphatic carbocycles. The number of carbonyl (C=O) groups excluding carboxylic acids is 2. The number of aryl methyl sites for hydroxylation is 1. The Morgan fingerprint density at radius 3 is 2.30 bits per heavy atom. The number of hydrogen-bond acceptors (Lipinski definition) is 5. The summed E-state index contributed by atoms with van der Waals surface area (Å²) in [6.45, 7) is 3.91. The van der Waals surface area contributed by atoms with E-state index in [2.05, 4.69) is 5.32 Å². The predicted octanol–water partition coefficient (Wildman–Crippen LogP) is 7.06. The van der Waals surface area contributed by atoms with Crippen molar-refractivity contribution in [3.05, 3.63) is 99.9 Å². The van der Waals surface area contributed by atoms with Crippen molar-refractivity contribution in [3.8, 4) is 16.9 Å². The number of amides is 3. The molecule has 0 bridgehead atoms. The summed E-state index contributed by atoms with van der Waals surface area (Å²) in [7, 11) is 0. The van der Waals surface area contributed by atoms with Gasteiger partial charge in [-0.1, -0.05) is 67.9 Å². The maximum atomic E-state index is 13.5. The lowest BCUT2D eigenvalue weighted by atomic mass is 9.90. The number of benzene rings is 3. The molecule has 224 valence electrons. The zero-order valence-electron chi connectivity index (χ0n) is 23.8. The molecule has 1 saturated heterocycles. The molecule has 0 spiro atoms. The lowest BCUT2D eigenvalue weighted by Gasteiger charge is -2.22. The van der Waals surface area contributed by atoms with Gasteiger partial charge in [-0.2, -0.15) is 13.2 Å². The minimum atomic E-state index is -4.71. The summed E-state index contributed by atoms with van der Waals surface area (Å²) in [4.78, 5) is 39.2. The molecular weight excluding hydrogens is 561 g/mol. The van der Waals surface area contributed by atoms with Crippen LogP contribution in [-0.4, -0.2) is 30.0 Å². The maximum absolute atomic E-state index is 13.5. The molecule has 43 heavy (non-hydrogen) atoms. The second-order valence-corrected chi connectivity index (χ2v) is 10.7. The van der Waals surface area contributed by atoms with Gasteiger partial charge in [-0.15, -0.1) is 0 Å². The first kappa shape index (κ1) is 29.9. The number of halogens is 3. The van der Waals surface area contributed by atoms with Crippen molar-refractivity contribution in [3.63, 3.8) is 0 Å². The fourth-order valence-corrected chi connectivity index (χ4v) is 5.40. The number of ether oxygens (including phenoxy) is 1. The van der Waals surface area contributed by atoms with Crippen LogP contribution in [0.1, 0.15) is 49.8 Å². The zero-order valence-corrected chi connectivity index (χ0v) is 23.8. The summed E-state index contributed by atoms with van der Waals surface area (Å²) in [6.07, 6.45) is -2.84. The molecule has 3 aromatic carbocycles. The number of imide groups is 1. The first-order chi connectivity index (χ1) is 20.5. The number of urea groups is 1. The van der Waals surface area contributed by atoms with Crippen LogP contribution in [0, 0.1) is 0 Å². The number of alkyl halides is 3. The Balaban J connectivity index is 1.22. The molecule has 1 fully saturated rings. The standard InChI is InChI=1S/C33H31F3N2O5/c1-3-9-25-27(17-16-24-26(33(34,35)36)20-28(39)43-29(24)25)42-19-8-7-18-38-30(40)32(2,37-31(38)41)23-14-12-22(13-15-23)21-10-5-4-6-11-21/h4-6,10-17,20H,3,7-9,18-19H2,1-2H3,(H,37,41). The molecule has 7 nitrogen and oxygen atoms in total. The van der Waals surface area contributed by atoms with Gasteiger partial charge < -0.3 is 14.5 Å². The fourth-order valence-electron chi connectivity index (χ4n) is 5.40. The van der Waals surface area contributed by atoms with Crippen LogP contribution in [0.2, 0.25) is 0 Å². The van der Waals surface area contributed by atoms with E-state index in [0.29, 0.717) is 48.6 Å². The molecule has 1 atom stereocenters. The highest BCUT2D eigenvalue weighted by Gasteiger charge is 2.48. The molecule has 4 aromatic rings. The highest BCUT2D eigenvalue weighted by atomic mass is 19.4. The summed E-state index contributed by atoms with van der Waals surface area (Å²) in [5.74, 6) is -0.0144. The SMILES string of the molecule is CCCc1c(OCCCCN2C(=O)NC(C)(c3ccc(-c4ccccc4)cc3)C2=O)ccc2c(C(F)(F)F)cc(=O)oc12. The van der Waals surface area contributed by atoms with Crippen molar-refractivity contribution >= 4 is 22.9 Å². The topological polar surface area (TPSA) is 88.9 Å². The van der Waals surface area contributed by atoms with E-state index in [1.807, 2.05) is 61.5 Å². The van der Waals surface area contributed by atoms with Crippen molar-refractivity contribution in [2.45, 2.75) is 51.2 Å². The highest BCUT2D eigenvalue weighted by molar-refractivity contribution is 6.07. The van der Waals surface area contributed by atoms with Gasteiger partial charge in [0.2, 0.25) is 0 Å². The Hall–Kier alpha value is -4.60. The smallest absolute Gasteiger partial charge is 0.417 e. The number of carbonyl (C=O) groups is 2. The molecule has 1 N–H and O–H groups in total. The second kappa shape index (κ2) is 11.9. The Morgan fingerprint density at radius 2 is 1.63 bits per heavy atom. The number of fused-ring (bicyclic) bond motifs is 1. The molecule has 1 aliphatic rings. The van der Waals surface area contributed by atoms with E-state index in [0.717, 1.165) is 11.1 Å². The summed E-state index contributed by atoms with van der Waals surface area (Å²) in [5, 5.41) is 2.63. The molecule has 1 aliphatic heterocycles. The number of unbranched alkanes of at least 4 members (excludes halogenated alkanes) is 1. The number of nitrogens with zero attached hydrogens (tertiary/aromatic N) is 1. The summed E-state index contributed by atoms with van der Waals surface area (Å²) in [5.41, 5.74) is -0.332. The third-order valence-corrected chi connectivity index (χ3v) is 7.66. The lowest BCUT2D eigenvalue weighted by molar-refractivity contribution is -0.136. The summed E-state index contributed by atoms with van der Waals surface area (Å²) in [6, 6.07) is 20.0. The van der Waals surface area contributed by atoms with Gasteiger partial charge in [-0.05, 0) is 55.0 Å². The summed E-state index contributed by atoms with van der Waals surface area (Å²) >= 11 is 0. The third-order valence-electron chi connectivity index (χ3n) is 7.66. The molecule has 2 heterocycles. The van der Waals surface area contributed by atoms with Crippen LogP contribution < -0.4 is 15.7 Å². The van der Waals surface area contributed by atoms with Crippen LogP contribution in [0.25, 0.3) is 22.1 Å². The minimum Gasteiger partial charge on any atom is -0.493 e. The van der Waals surface area contributed by atoms with Gasteiger partial charge in [0.05, 0.1) is 12.2 Å². The zero-order chi connectivity index (χ0) is 30.8. The van der Waals surface area contributed by atoms with Gasteiger partial charge in [0, 0.05) is 23.6 Å². The molecule has 10 heteroatoms. The van der Waals surface area contributed by atoms with Gasteiger partial charge in [-0.3, -0.25) is 9.69 Å². The first-order valence-corrected chi connectivity index (χ1v) is 14.1. The van der Waals surface area contributed by atoms with E-state index < -0.39 is 28.9 Å². The van der Waals surface area contributed by atoms with E-state index in [9.17, 15) is 27.6 Å². The van der Waals surface area contributed by atoms with Crippen LogP contribution in [0.15, 0.2) is 82.0 Å². The van der Waals surface area contributed by atoms with Crippen LogP contribution in [0.4, 0.5) is 18.0 Å². The van der Waals surface area contributed by atoms with Gasteiger partial charge in [0.25, 0.3) is 5.91 Å².